The molecule has 5 heteroatoms. The van der Waals surface area contributed by atoms with Crippen LogP contribution in [0.3, 0.4) is 0 Å². The van der Waals surface area contributed by atoms with Crippen molar-refractivity contribution in [3.63, 3.8) is 0 Å². The molecule has 0 spiro atoms. The zero-order chi connectivity index (χ0) is 13.1. The number of para-hydroxylation sites is 1. The molecule has 0 saturated heterocycles. The van der Waals surface area contributed by atoms with E-state index >= 15 is 0 Å². The summed E-state index contributed by atoms with van der Waals surface area (Å²) >= 11 is 0. The Bertz CT molecular complexity index is 445. The summed E-state index contributed by atoms with van der Waals surface area (Å²) in [5.74, 6) is -0.267. The molecule has 0 radical (unpaired) electrons. The highest BCUT2D eigenvalue weighted by Gasteiger charge is 2.25. The Morgan fingerprint density at radius 1 is 1.44 bits per heavy atom. The minimum absolute atomic E-state index is 0.132. The molecule has 1 unspecified atom stereocenters. The average Bonchev–Trinajstić information content (AvgIpc) is 2.81. The van der Waals surface area contributed by atoms with Gasteiger partial charge in [-0.3, -0.25) is 10.1 Å². The van der Waals surface area contributed by atoms with Crippen LogP contribution in [0.5, 0.6) is 0 Å². The number of nitro groups is 1. The summed E-state index contributed by atoms with van der Waals surface area (Å²) in [6.45, 7) is 2.00. The lowest BCUT2D eigenvalue weighted by Gasteiger charge is -2.21. The van der Waals surface area contributed by atoms with E-state index in [-0.39, 0.29) is 11.7 Å². The van der Waals surface area contributed by atoms with Crippen molar-refractivity contribution < 1.29 is 9.31 Å². The minimum atomic E-state index is -0.788. The van der Waals surface area contributed by atoms with Crippen LogP contribution >= 0.6 is 0 Å². The van der Waals surface area contributed by atoms with Crippen LogP contribution in [0.1, 0.15) is 32.6 Å². The highest BCUT2D eigenvalue weighted by molar-refractivity contribution is 5.62. The number of nitrogens with one attached hydrogen (secondary N) is 1. The fraction of sp³-hybridized carbons (Fsp3) is 0.538. The molecule has 1 aromatic carbocycles. The molecule has 1 aliphatic rings. The molecule has 0 aliphatic heterocycles. The van der Waals surface area contributed by atoms with Gasteiger partial charge in [-0.15, -0.1) is 0 Å². The van der Waals surface area contributed by atoms with Crippen molar-refractivity contribution in [3.8, 4) is 0 Å². The molecule has 0 amide bonds. The largest absolute Gasteiger partial charge is 0.377 e. The molecule has 1 aliphatic carbocycles. The Hall–Kier alpha value is -1.65. The smallest absolute Gasteiger partial charge is 0.327 e. The molecular formula is C13H17FN2O2. The van der Waals surface area contributed by atoms with E-state index in [0.717, 1.165) is 18.9 Å². The molecule has 0 heterocycles. The third kappa shape index (κ3) is 2.60. The number of benzene rings is 1. The predicted octanol–water partition coefficient (Wildman–Crippen LogP) is 3.72. The molecule has 1 fully saturated rings. The lowest BCUT2D eigenvalue weighted by atomic mass is 9.99. The number of nitro benzene ring substituents is 1. The van der Waals surface area contributed by atoms with Crippen molar-refractivity contribution in [1.82, 2.24) is 0 Å². The third-order valence-corrected chi connectivity index (χ3v) is 3.66. The highest BCUT2D eigenvalue weighted by atomic mass is 19.1. The van der Waals surface area contributed by atoms with E-state index in [2.05, 4.69) is 5.32 Å². The first-order valence-electron chi connectivity index (χ1n) is 6.29. The first kappa shape index (κ1) is 12.8. The monoisotopic (exact) mass is 252 g/mol. The SMILES string of the molecule is CC(Nc1cccc(F)c1[N+](=O)[O-])C1CCCC1. The van der Waals surface area contributed by atoms with Gasteiger partial charge in [-0.05, 0) is 37.8 Å². The van der Waals surface area contributed by atoms with E-state index in [4.69, 9.17) is 0 Å². The molecule has 1 saturated carbocycles. The van der Waals surface area contributed by atoms with Crippen molar-refractivity contribution in [1.29, 1.82) is 0 Å². The second-order valence-corrected chi connectivity index (χ2v) is 4.87. The second-order valence-electron chi connectivity index (χ2n) is 4.87. The fourth-order valence-electron chi connectivity index (χ4n) is 2.64. The van der Waals surface area contributed by atoms with Crippen LogP contribution in [0.4, 0.5) is 15.8 Å². The average molecular weight is 252 g/mol. The van der Waals surface area contributed by atoms with Gasteiger partial charge < -0.3 is 5.32 Å². The number of anilines is 1. The molecule has 4 nitrogen and oxygen atoms in total. The van der Waals surface area contributed by atoms with Crippen LogP contribution in [-0.2, 0) is 0 Å². The molecular weight excluding hydrogens is 235 g/mol. The normalized spacial score (nSPS) is 17.7. The van der Waals surface area contributed by atoms with E-state index in [1.165, 1.54) is 18.9 Å². The number of rotatable bonds is 4. The molecule has 0 bridgehead atoms. The summed E-state index contributed by atoms with van der Waals surface area (Å²) in [6.07, 6.45) is 4.69. The van der Waals surface area contributed by atoms with Crippen LogP contribution < -0.4 is 5.32 Å². The van der Waals surface area contributed by atoms with E-state index in [1.54, 1.807) is 6.07 Å². The third-order valence-electron chi connectivity index (χ3n) is 3.66. The molecule has 2 rings (SSSR count). The topological polar surface area (TPSA) is 55.2 Å². The number of hydrogen-bond acceptors (Lipinski definition) is 3. The maximum Gasteiger partial charge on any atom is 0.327 e. The molecule has 1 aromatic rings. The molecule has 0 aromatic heterocycles. The molecule has 18 heavy (non-hydrogen) atoms. The second kappa shape index (κ2) is 5.33. The van der Waals surface area contributed by atoms with Crippen molar-refractivity contribution in [3.05, 3.63) is 34.1 Å². The zero-order valence-corrected chi connectivity index (χ0v) is 10.4. The van der Waals surface area contributed by atoms with Gasteiger partial charge in [-0.2, -0.15) is 4.39 Å². The standard InChI is InChI=1S/C13H17FN2O2/c1-9(10-5-2-3-6-10)15-12-8-4-7-11(14)13(12)16(17)18/h4,7-10,15H,2-3,5-6H2,1H3. The summed E-state index contributed by atoms with van der Waals surface area (Å²) in [5, 5.41) is 14.0. The van der Waals surface area contributed by atoms with Gasteiger partial charge >= 0.3 is 5.69 Å². The number of halogens is 1. The van der Waals surface area contributed by atoms with Gasteiger partial charge in [0.15, 0.2) is 0 Å². The number of nitrogens with zero attached hydrogens (tertiary/aromatic N) is 1. The summed E-state index contributed by atoms with van der Waals surface area (Å²) in [6, 6.07) is 4.30. The van der Waals surface area contributed by atoms with Crippen LogP contribution in [0.2, 0.25) is 0 Å². The summed E-state index contributed by atoms with van der Waals surface area (Å²) in [7, 11) is 0. The van der Waals surface area contributed by atoms with Crippen molar-refractivity contribution in [2.24, 2.45) is 5.92 Å². The van der Waals surface area contributed by atoms with Crippen LogP contribution in [0.15, 0.2) is 18.2 Å². The molecule has 1 atom stereocenters. The predicted molar refractivity (Wildman–Crippen MR) is 68.1 cm³/mol. The molecule has 98 valence electrons. The van der Waals surface area contributed by atoms with Crippen molar-refractivity contribution in [2.45, 2.75) is 38.6 Å². The van der Waals surface area contributed by atoms with Crippen LogP contribution in [-0.4, -0.2) is 11.0 Å². The van der Waals surface area contributed by atoms with Gasteiger partial charge in [0, 0.05) is 6.04 Å². The Kier molecular flexibility index (Phi) is 3.79. The Morgan fingerprint density at radius 3 is 2.72 bits per heavy atom. The molecule has 1 N–H and O–H groups in total. The van der Waals surface area contributed by atoms with Gasteiger partial charge in [-0.25, -0.2) is 0 Å². The van der Waals surface area contributed by atoms with Gasteiger partial charge in [0.2, 0.25) is 5.82 Å². The van der Waals surface area contributed by atoms with Crippen molar-refractivity contribution in [2.75, 3.05) is 5.32 Å². The Morgan fingerprint density at radius 2 is 2.11 bits per heavy atom. The van der Waals surface area contributed by atoms with Gasteiger partial charge in [0.05, 0.1) is 4.92 Å². The van der Waals surface area contributed by atoms with Gasteiger partial charge in [0.1, 0.15) is 5.69 Å². The minimum Gasteiger partial charge on any atom is -0.377 e. The lowest BCUT2D eigenvalue weighted by molar-refractivity contribution is -0.386. The first-order chi connectivity index (χ1) is 8.59. The summed E-state index contributed by atoms with van der Waals surface area (Å²) < 4.78 is 13.4. The maximum absolute atomic E-state index is 13.4. The Labute approximate surface area is 105 Å². The van der Waals surface area contributed by atoms with E-state index in [0.29, 0.717) is 5.92 Å². The van der Waals surface area contributed by atoms with Crippen LogP contribution in [0, 0.1) is 21.8 Å². The van der Waals surface area contributed by atoms with Crippen LogP contribution in [0.25, 0.3) is 0 Å². The lowest BCUT2D eigenvalue weighted by Crippen LogP contribution is -2.24. The summed E-state index contributed by atoms with van der Waals surface area (Å²) in [4.78, 5) is 10.2. The quantitative estimate of drug-likeness (QED) is 0.656. The van der Waals surface area contributed by atoms with Crippen molar-refractivity contribution >= 4 is 11.4 Å². The highest BCUT2D eigenvalue weighted by Crippen LogP contribution is 2.32. The van der Waals surface area contributed by atoms with Gasteiger partial charge in [-0.1, -0.05) is 18.9 Å². The zero-order valence-electron chi connectivity index (χ0n) is 10.4. The van der Waals surface area contributed by atoms with E-state index in [9.17, 15) is 14.5 Å². The van der Waals surface area contributed by atoms with E-state index < -0.39 is 16.4 Å². The Balaban J connectivity index is 2.17. The maximum atomic E-state index is 13.4. The fourth-order valence-corrected chi connectivity index (χ4v) is 2.64. The first-order valence-corrected chi connectivity index (χ1v) is 6.29. The summed E-state index contributed by atoms with van der Waals surface area (Å²) in [5.41, 5.74) is -0.179. The van der Waals surface area contributed by atoms with E-state index in [1.807, 2.05) is 6.92 Å². The van der Waals surface area contributed by atoms with Gasteiger partial charge in [0.25, 0.3) is 0 Å². The number of hydrogen-bond donors (Lipinski definition) is 1.